The molecule has 2 unspecified atom stereocenters. The van der Waals surface area contributed by atoms with Crippen molar-refractivity contribution in [3.8, 4) is 5.75 Å². The number of imidazole rings is 1. The van der Waals surface area contributed by atoms with Crippen LogP contribution in [0.3, 0.4) is 0 Å². The first kappa shape index (κ1) is 17.7. The van der Waals surface area contributed by atoms with Crippen molar-refractivity contribution in [1.29, 1.82) is 0 Å². The van der Waals surface area contributed by atoms with Gasteiger partial charge in [-0.3, -0.25) is 0 Å². The minimum Gasteiger partial charge on any atom is -0.508 e. The van der Waals surface area contributed by atoms with Crippen molar-refractivity contribution >= 4 is 17.0 Å². The molecule has 1 aliphatic rings. The molecule has 142 valence electrons. The molecule has 0 saturated carbocycles. The number of phenols is 1. The van der Waals surface area contributed by atoms with E-state index in [-0.39, 0.29) is 6.54 Å². The molecule has 2 atom stereocenters. The molecule has 27 heavy (non-hydrogen) atoms. The topological polar surface area (TPSA) is 87.3 Å². The molecule has 0 aliphatic carbocycles. The fourth-order valence-electron chi connectivity index (χ4n) is 3.69. The number of rotatable bonds is 6. The highest BCUT2D eigenvalue weighted by Crippen LogP contribution is 2.30. The Bertz CT molecular complexity index is 931. The van der Waals surface area contributed by atoms with E-state index >= 15 is 0 Å². The molecule has 0 radical (unpaired) electrons. The number of aromatic nitrogens is 4. The van der Waals surface area contributed by atoms with Crippen molar-refractivity contribution in [2.45, 2.75) is 25.6 Å². The molecule has 0 amide bonds. The van der Waals surface area contributed by atoms with Gasteiger partial charge in [-0.1, -0.05) is 18.2 Å². The van der Waals surface area contributed by atoms with Crippen LogP contribution in [-0.2, 0) is 13.0 Å². The number of alkyl halides is 1. The van der Waals surface area contributed by atoms with Gasteiger partial charge in [0.2, 0.25) is 0 Å². The number of halogens is 1. The summed E-state index contributed by atoms with van der Waals surface area (Å²) in [5.41, 5.74) is 2.17. The fourth-order valence-corrected chi connectivity index (χ4v) is 3.69. The van der Waals surface area contributed by atoms with E-state index in [1.54, 1.807) is 17.0 Å². The van der Waals surface area contributed by atoms with Gasteiger partial charge in [0.05, 0.1) is 19.5 Å². The Morgan fingerprint density at radius 2 is 2.07 bits per heavy atom. The lowest BCUT2D eigenvalue weighted by atomic mass is 9.98. The summed E-state index contributed by atoms with van der Waals surface area (Å²) in [5, 5.41) is 18.9. The first-order chi connectivity index (χ1) is 13.2. The molecular formula is C19H22FN5O2. The Morgan fingerprint density at radius 3 is 2.89 bits per heavy atom. The second kappa shape index (κ2) is 7.48. The van der Waals surface area contributed by atoms with Crippen LogP contribution in [-0.4, -0.2) is 55.6 Å². The number of fused-ring (bicyclic) bond motifs is 1. The van der Waals surface area contributed by atoms with Crippen molar-refractivity contribution in [3.05, 3.63) is 42.5 Å². The summed E-state index contributed by atoms with van der Waals surface area (Å²) in [5.74, 6) is 1.50. The number of aliphatic hydroxyl groups excluding tert-OH is 1. The van der Waals surface area contributed by atoms with Gasteiger partial charge in [-0.15, -0.1) is 0 Å². The van der Waals surface area contributed by atoms with Crippen molar-refractivity contribution < 1.29 is 14.6 Å². The van der Waals surface area contributed by atoms with Gasteiger partial charge >= 0.3 is 0 Å². The molecule has 1 fully saturated rings. The third-order valence-corrected chi connectivity index (χ3v) is 5.06. The number of phenolic OH excluding ortho intramolecular Hbond substituents is 1. The van der Waals surface area contributed by atoms with Crippen LogP contribution < -0.4 is 4.90 Å². The highest BCUT2D eigenvalue weighted by molar-refractivity contribution is 5.83. The monoisotopic (exact) mass is 371 g/mol. The maximum atomic E-state index is 13.5. The van der Waals surface area contributed by atoms with Crippen LogP contribution in [0.15, 0.2) is 36.9 Å². The van der Waals surface area contributed by atoms with Crippen molar-refractivity contribution in [2.75, 3.05) is 24.6 Å². The average molecular weight is 371 g/mol. The molecular weight excluding hydrogens is 349 g/mol. The van der Waals surface area contributed by atoms with Crippen LogP contribution in [0, 0.1) is 5.92 Å². The van der Waals surface area contributed by atoms with Crippen LogP contribution in [0.1, 0.15) is 12.0 Å². The standard InChI is InChI=1S/C19H22FN5O2/c20-15(10-26)9-25-12-23-17-18(21-11-22-19(17)25)24-6-5-13(8-24)7-14-3-1-2-4-16(14)27/h1-4,11-13,15,26-27H,5-10H2. The van der Waals surface area contributed by atoms with Gasteiger partial charge in [0.25, 0.3) is 0 Å². The van der Waals surface area contributed by atoms with Crippen molar-refractivity contribution in [3.63, 3.8) is 0 Å². The first-order valence-electron chi connectivity index (χ1n) is 9.08. The molecule has 1 aromatic carbocycles. The Kier molecular flexibility index (Phi) is 4.89. The number of para-hydroxylation sites is 1. The summed E-state index contributed by atoms with van der Waals surface area (Å²) in [6.45, 7) is 1.15. The normalized spacial score (nSPS) is 18.3. The van der Waals surface area contributed by atoms with Crippen LogP contribution in [0.5, 0.6) is 5.75 Å². The number of hydrogen-bond acceptors (Lipinski definition) is 6. The predicted octanol–water partition coefficient (Wildman–Crippen LogP) is 1.93. The molecule has 1 aliphatic heterocycles. The second-order valence-corrected chi connectivity index (χ2v) is 6.98. The van der Waals surface area contributed by atoms with E-state index in [9.17, 15) is 9.50 Å². The summed E-state index contributed by atoms with van der Waals surface area (Å²) < 4.78 is 15.2. The smallest absolute Gasteiger partial charge is 0.165 e. The van der Waals surface area contributed by atoms with E-state index in [1.807, 2.05) is 18.2 Å². The first-order valence-corrected chi connectivity index (χ1v) is 9.08. The lowest BCUT2D eigenvalue weighted by Gasteiger charge is -2.18. The molecule has 0 spiro atoms. The van der Waals surface area contributed by atoms with Crippen LogP contribution in [0.2, 0.25) is 0 Å². The second-order valence-electron chi connectivity index (χ2n) is 6.98. The molecule has 8 heteroatoms. The van der Waals surface area contributed by atoms with Gasteiger partial charge in [-0.25, -0.2) is 19.3 Å². The maximum absolute atomic E-state index is 13.5. The zero-order valence-electron chi connectivity index (χ0n) is 14.9. The summed E-state index contributed by atoms with van der Waals surface area (Å²) in [4.78, 5) is 15.2. The van der Waals surface area contributed by atoms with Crippen LogP contribution in [0.25, 0.3) is 11.2 Å². The Balaban J connectivity index is 1.52. The summed E-state index contributed by atoms with van der Waals surface area (Å²) >= 11 is 0. The van der Waals surface area contributed by atoms with Gasteiger partial charge in [0.1, 0.15) is 18.2 Å². The van der Waals surface area contributed by atoms with Crippen LogP contribution >= 0.6 is 0 Å². The van der Waals surface area contributed by atoms with E-state index in [0.29, 0.717) is 22.8 Å². The zero-order chi connectivity index (χ0) is 18.8. The van der Waals surface area contributed by atoms with Gasteiger partial charge in [0, 0.05) is 13.1 Å². The maximum Gasteiger partial charge on any atom is 0.165 e. The lowest BCUT2D eigenvalue weighted by Crippen LogP contribution is -2.22. The molecule has 1 saturated heterocycles. The highest BCUT2D eigenvalue weighted by Gasteiger charge is 2.27. The van der Waals surface area contributed by atoms with Crippen molar-refractivity contribution in [2.24, 2.45) is 5.92 Å². The SMILES string of the molecule is OCC(F)Cn1cnc2c(N3CCC(Cc4ccccc4O)C3)ncnc21. The number of aliphatic hydroxyl groups is 1. The Hall–Kier alpha value is -2.74. The van der Waals surface area contributed by atoms with Gasteiger partial charge < -0.3 is 19.7 Å². The number of anilines is 1. The number of hydrogen-bond donors (Lipinski definition) is 2. The van der Waals surface area contributed by atoms with E-state index in [0.717, 1.165) is 37.3 Å². The highest BCUT2D eigenvalue weighted by atomic mass is 19.1. The summed E-state index contributed by atoms with van der Waals surface area (Å²) in [6, 6.07) is 7.43. The van der Waals surface area contributed by atoms with E-state index in [2.05, 4.69) is 19.9 Å². The third-order valence-electron chi connectivity index (χ3n) is 5.06. The zero-order valence-corrected chi connectivity index (χ0v) is 14.9. The van der Waals surface area contributed by atoms with E-state index < -0.39 is 12.8 Å². The quantitative estimate of drug-likeness (QED) is 0.689. The Labute approximate surface area is 156 Å². The van der Waals surface area contributed by atoms with Gasteiger partial charge in [0.15, 0.2) is 17.0 Å². The molecule has 2 N–H and O–H groups in total. The minimum absolute atomic E-state index is 0.0133. The van der Waals surface area contributed by atoms with Gasteiger partial charge in [-0.05, 0) is 30.4 Å². The third kappa shape index (κ3) is 3.57. The van der Waals surface area contributed by atoms with E-state index in [4.69, 9.17) is 5.11 Å². The summed E-state index contributed by atoms with van der Waals surface area (Å²) in [6.07, 6.45) is 3.47. The Morgan fingerprint density at radius 1 is 1.22 bits per heavy atom. The van der Waals surface area contributed by atoms with Crippen molar-refractivity contribution in [1.82, 2.24) is 19.5 Å². The minimum atomic E-state index is -1.35. The molecule has 0 bridgehead atoms. The number of nitrogens with zero attached hydrogens (tertiary/aromatic N) is 5. The van der Waals surface area contributed by atoms with E-state index in [1.165, 1.54) is 6.33 Å². The molecule has 3 heterocycles. The number of aromatic hydroxyl groups is 1. The predicted molar refractivity (Wildman–Crippen MR) is 99.4 cm³/mol. The number of benzene rings is 1. The molecule has 3 aromatic rings. The lowest BCUT2D eigenvalue weighted by molar-refractivity contribution is 0.163. The average Bonchev–Trinajstić information content (AvgIpc) is 3.31. The molecule has 7 nitrogen and oxygen atoms in total. The largest absolute Gasteiger partial charge is 0.508 e. The summed E-state index contributed by atoms with van der Waals surface area (Å²) in [7, 11) is 0. The van der Waals surface area contributed by atoms with Crippen LogP contribution in [0.4, 0.5) is 10.2 Å². The molecule has 2 aromatic heterocycles. The fraction of sp³-hybridized carbons (Fsp3) is 0.421. The van der Waals surface area contributed by atoms with Gasteiger partial charge in [-0.2, -0.15) is 0 Å². The molecule has 4 rings (SSSR count).